The average molecular weight is 305 g/mol. The van der Waals surface area contributed by atoms with Crippen LogP contribution >= 0.6 is 0 Å². The fraction of sp³-hybridized carbons (Fsp3) is 0.278. The molecule has 2 aromatic heterocycles. The van der Waals surface area contributed by atoms with Gasteiger partial charge in [0.1, 0.15) is 5.82 Å². The van der Waals surface area contributed by atoms with Gasteiger partial charge in [0.15, 0.2) is 5.82 Å². The second kappa shape index (κ2) is 5.93. The third-order valence-corrected chi connectivity index (χ3v) is 4.35. The predicted molar refractivity (Wildman–Crippen MR) is 88.5 cm³/mol. The summed E-state index contributed by atoms with van der Waals surface area (Å²) >= 11 is 0. The minimum Gasteiger partial charge on any atom is -0.294 e. The van der Waals surface area contributed by atoms with E-state index in [1.54, 1.807) is 12.4 Å². The van der Waals surface area contributed by atoms with Crippen molar-refractivity contribution in [3.05, 3.63) is 65.7 Å². The van der Waals surface area contributed by atoms with E-state index < -0.39 is 0 Å². The molecule has 0 fully saturated rings. The van der Waals surface area contributed by atoms with E-state index >= 15 is 0 Å². The lowest BCUT2D eigenvalue weighted by molar-refractivity contribution is 0.285. The number of benzene rings is 1. The Bertz CT molecular complexity index is 784. The monoisotopic (exact) mass is 305 g/mol. The Morgan fingerprint density at radius 1 is 1.00 bits per heavy atom. The Hall–Kier alpha value is -2.53. The molecule has 0 unspecified atom stereocenters. The van der Waals surface area contributed by atoms with Gasteiger partial charge in [-0.3, -0.25) is 14.6 Å². The molecule has 0 spiro atoms. The van der Waals surface area contributed by atoms with Crippen LogP contribution in [0.1, 0.15) is 17.0 Å². The Morgan fingerprint density at radius 2 is 1.70 bits per heavy atom. The van der Waals surface area contributed by atoms with Gasteiger partial charge in [-0.15, -0.1) is 0 Å². The van der Waals surface area contributed by atoms with E-state index in [9.17, 15) is 0 Å². The van der Waals surface area contributed by atoms with Crippen LogP contribution in [0.25, 0.3) is 11.4 Å². The van der Waals surface area contributed by atoms with Gasteiger partial charge in [0.05, 0.1) is 0 Å². The lowest BCUT2D eigenvalue weighted by atomic mass is 10.1. The van der Waals surface area contributed by atoms with E-state index in [4.69, 9.17) is 0 Å². The molecule has 0 saturated carbocycles. The smallest absolute Gasteiger partial charge is 0.181 e. The second-order valence-electron chi connectivity index (χ2n) is 5.94. The number of rotatable bonds is 4. The number of aryl methyl sites for hydroxylation is 1. The van der Waals surface area contributed by atoms with Crippen LogP contribution in [0.4, 0.5) is 0 Å². The zero-order valence-electron chi connectivity index (χ0n) is 13.2. The van der Waals surface area contributed by atoms with Crippen molar-refractivity contribution in [3.8, 4) is 11.4 Å². The lowest BCUT2D eigenvalue weighted by Gasteiger charge is -2.13. The van der Waals surface area contributed by atoms with Gasteiger partial charge >= 0.3 is 0 Å². The minimum atomic E-state index is 0.773. The highest BCUT2D eigenvalue weighted by Gasteiger charge is 2.18. The van der Waals surface area contributed by atoms with Gasteiger partial charge in [-0.2, -0.15) is 5.10 Å². The first-order valence-electron chi connectivity index (χ1n) is 7.89. The van der Waals surface area contributed by atoms with Crippen molar-refractivity contribution in [2.24, 2.45) is 7.05 Å². The SMILES string of the molecule is Cn1nc(-c2ccncc2)nc1CCN1Cc2ccccc2C1. The van der Waals surface area contributed by atoms with Gasteiger partial charge < -0.3 is 0 Å². The number of fused-ring (bicyclic) bond motifs is 1. The molecule has 23 heavy (non-hydrogen) atoms. The highest BCUT2D eigenvalue weighted by atomic mass is 15.3. The van der Waals surface area contributed by atoms with Crippen LogP contribution in [-0.4, -0.2) is 31.2 Å². The van der Waals surface area contributed by atoms with Crippen LogP contribution in [0, 0.1) is 0 Å². The zero-order valence-corrected chi connectivity index (χ0v) is 13.2. The van der Waals surface area contributed by atoms with Crippen LogP contribution in [0.3, 0.4) is 0 Å². The van der Waals surface area contributed by atoms with Gasteiger partial charge in [-0.05, 0) is 23.3 Å². The summed E-state index contributed by atoms with van der Waals surface area (Å²) < 4.78 is 1.89. The molecule has 1 aromatic carbocycles. The Labute approximate surface area is 135 Å². The molecular formula is C18H19N5. The largest absolute Gasteiger partial charge is 0.294 e. The van der Waals surface area contributed by atoms with E-state index in [1.165, 1.54) is 11.1 Å². The number of nitrogens with zero attached hydrogens (tertiary/aromatic N) is 5. The molecule has 0 amide bonds. The maximum atomic E-state index is 4.69. The predicted octanol–water partition coefficient (Wildman–Crippen LogP) is 2.44. The highest BCUT2D eigenvalue weighted by molar-refractivity contribution is 5.53. The fourth-order valence-corrected chi connectivity index (χ4v) is 3.08. The normalized spacial score (nSPS) is 14.1. The van der Waals surface area contributed by atoms with Crippen molar-refractivity contribution < 1.29 is 0 Å². The Balaban J connectivity index is 1.44. The third-order valence-electron chi connectivity index (χ3n) is 4.35. The quantitative estimate of drug-likeness (QED) is 0.743. The van der Waals surface area contributed by atoms with Gasteiger partial charge in [0, 0.05) is 51.1 Å². The van der Waals surface area contributed by atoms with Crippen molar-refractivity contribution in [1.29, 1.82) is 0 Å². The molecule has 0 atom stereocenters. The minimum absolute atomic E-state index is 0.773. The molecule has 0 radical (unpaired) electrons. The van der Waals surface area contributed by atoms with E-state index in [0.29, 0.717) is 0 Å². The standard InChI is InChI=1S/C18H19N5/c1-22-17(20-18(21-22)14-6-9-19-10-7-14)8-11-23-12-15-4-2-3-5-16(15)13-23/h2-7,9-10H,8,11-13H2,1H3. The van der Waals surface area contributed by atoms with Crippen LogP contribution < -0.4 is 0 Å². The van der Waals surface area contributed by atoms with E-state index in [2.05, 4.69) is 44.2 Å². The molecule has 4 rings (SSSR count). The number of hydrogen-bond donors (Lipinski definition) is 0. The zero-order chi connectivity index (χ0) is 15.6. The van der Waals surface area contributed by atoms with Crippen LogP contribution in [0.5, 0.6) is 0 Å². The van der Waals surface area contributed by atoms with Crippen molar-refractivity contribution in [2.75, 3.05) is 6.54 Å². The summed E-state index contributed by atoms with van der Waals surface area (Å²) in [6, 6.07) is 12.6. The molecule has 3 heterocycles. The van der Waals surface area contributed by atoms with Gasteiger partial charge in [0.2, 0.25) is 0 Å². The molecule has 5 heteroatoms. The van der Waals surface area contributed by atoms with E-state index in [0.717, 1.165) is 43.3 Å². The molecule has 1 aliphatic heterocycles. The molecule has 116 valence electrons. The maximum absolute atomic E-state index is 4.69. The summed E-state index contributed by atoms with van der Waals surface area (Å²) in [5.74, 6) is 1.79. The average Bonchev–Trinajstić information content (AvgIpc) is 3.16. The van der Waals surface area contributed by atoms with Crippen molar-refractivity contribution in [3.63, 3.8) is 0 Å². The molecule has 0 saturated heterocycles. The molecule has 0 bridgehead atoms. The van der Waals surface area contributed by atoms with E-state index in [-0.39, 0.29) is 0 Å². The number of aromatic nitrogens is 4. The van der Waals surface area contributed by atoms with Gasteiger partial charge in [-0.1, -0.05) is 24.3 Å². The van der Waals surface area contributed by atoms with Crippen LogP contribution in [0.2, 0.25) is 0 Å². The molecule has 5 nitrogen and oxygen atoms in total. The molecule has 0 N–H and O–H groups in total. The third kappa shape index (κ3) is 2.87. The molecule has 1 aliphatic rings. The summed E-state index contributed by atoms with van der Waals surface area (Å²) in [6.45, 7) is 3.06. The summed E-state index contributed by atoms with van der Waals surface area (Å²) in [5, 5.41) is 4.52. The summed E-state index contributed by atoms with van der Waals surface area (Å²) in [7, 11) is 1.96. The maximum Gasteiger partial charge on any atom is 0.181 e. The van der Waals surface area contributed by atoms with E-state index in [1.807, 2.05) is 23.9 Å². The summed E-state index contributed by atoms with van der Waals surface area (Å²) in [6.07, 6.45) is 4.45. The highest BCUT2D eigenvalue weighted by Crippen LogP contribution is 2.22. The Morgan fingerprint density at radius 3 is 2.39 bits per heavy atom. The van der Waals surface area contributed by atoms with Crippen molar-refractivity contribution >= 4 is 0 Å². The molecule has 0 aliphatic carbocycles. The second-order valence-corrected chi connectivity index (χ2v) is 5.94. The summed E-state index contributed by atoms with van der Waals surface area (Å²) in [5.41, 5.74) is 3.90. The van der Waals surface area contributed by atoms with Crippen LogP contribution in [0.15, 0.2) is 48.8 Å². The fourth-order valence-electron chi connectivity index (χ4n) is 3.08. The molecular weight excluding hydrogens is 286 g/mol. The van der Waals surface area contributed by atoms with Gasteiger partial charge in [-0.25, -0.2) is 4.98 Å². The van der Waals surface area contributed by atoms with Crippen molar-refractivity contribution in [2.45, 2.75) is 19.5 Å². The first-order chi connectivity index (χ1) is 11.3. The van der Waals surface area contributed by atoms with Gasteiger partial charge in [0.25, 0.3) is 0 Å². The number of pyridine rings is 1. The topological polar surface area (TPSA) is 46.8 Å². The lowest BCUT2D eigenvalue weighted by Crippen LogP contribution is -2.20. The number of hydrogen-bond acceptors (Lipinski definition) is 4. The van der Waals surface area contributed by atoms with Crippen molar-refractivity contribution in [1.82, 2.24) is 24.6 Å². The molecule has 3 aromatic rings. The first-order valence-corrected chi connectivity index (χ1v) is 7.89. The van der Waals surface area contributed by atoms with Crippen LogP contribution in [-0.2, 0) is 26.6 Å². The Kier molecular flexibility index (Phi) is 3.63. The first kappa shape index (κ1) is 14.1. The summed E-state index contributed by atoms with van der Waals surface area (Å²) in [4.78, 5) is 11.2.